The van der Waals surface area contributed by atoms with Gasteiger partial charge in [0.25, 0.3) is 0 Å². The molecule has 2 aromatic rings. The van der Waals surface area contributed by atoms with Gasteiger partial charge in [0, 0.05) is 11.7 Å². The number of benzene rings is 2. The third-order valence-corrected chi connectivity index (χ3v) is 3.47. The Bertz CT molecular complexity index is 659. The molecule has 0 aliphatic carbocycles. The molecule has 0 saturated carbocycles. The minimum absolute atomic E-state index is 0.0860. The zero-order chi connectivity index (χ0) is 15.9. The number of carbonyl (C=O) groups is 1. The van der Waals surface area contributed by atoms with Crippen molar-refractivity contribution in [3.8, 4) is 6.07 Å². The first-order valence-electron chi connectivity index (χ1n) is 7.22. The van der Waals surface area contributed by atoms with Crippen molar-refractivity contribution in [2.75, 3.05) is 5.32 Å². The second kappa shape index (κ2) is 7.39. The van der Waals surface area contributed by atoms with Crippen LogP contribution in [0, 0.1) is 11.3 Å². The number of hydrogen-bond donors (Lipinski definition) is 2. The van der Waals surface area contributed by atoms with Gasteiger partial charge in [-0.15, -0.1) is 0 Å². The molecule has 2 aromatic carbocycles. The number of rotatable bonds is 5. The van der Waals surface area contributed by atoms with E-state index in [1.54, 1.807) is 24.3 Å². The van der Waals surface area contributed by atoms with Crippen molar-refractivity contribution in [3.63, 3.8) is 0 Å². The molecule has 112 valence electrons. The number of anilines is 1. The summed E-state index contributed by atoms with van der Waals surface area (Å²) in [5, 5.41) is 14.9. The maximum absolute atomic E-state index is 12.2. The van der Waals surface area contributed by atoms with Crippen LogP contribution in [0.3, 0.4) is 0 Å². The summed E-state index contributed by atoms with van der Waals surface area (Å²) in [6.07, 6.45) is 0. The van der Waals surface area contributed by atoms with E-state index in [9.17, 15) is 4.79 Å². The lowest BCUT2D eigenvalue weighted by Gasteiger charge is -2.20. The van der Waals surface area contributed by atoms with Crippen molar-refractivity contribution >= 4 is 11.6 Å². The maximum Gasteiger partial charge on any atom is 0.241 e. The van der Waals surface area contributed by atoms with Crippen LogP contribution in [0.25, 0.3) is 0 Å². The van der Waals surface area contributed by atoms with Gasteiger partial charge in [0.15, 0.2) is 0 Å². The van der Waals surface area contributed by atoms with E-state index in [2.05, 4.69) is 10.6 Å². The largest absolute Gasteiger partial charge is 0.325 e. The van der Waals surface area contributed by atoms with E-state index in [1.165, 1.54) is 0 Å². The molecule has 4 nitrogen and oxygen atoms in total. The first-order valence-corrected chi connectivity index (χ1v) is 7.22. The smallest absolute Gasteiger partial charge is 0.241 e. The Kier molecular flexibility index (Phi) is 5.29. The van der Waals surface area contributed by atoms with Gasteiger partial charge in [-0.2, -0.15) is 5.26 Å². The van der Waals surface area contributed by atoms with Gasteiger partial charge in [0.2, 0.25) is 5.91 Å². The second-order valence-electron chi connectivity index (χ2n) is 5.20. The van der Waals surface area contributed by atoms with Crippen molar-refractivity contribution in [3.05, 3.63) is 65.7 Å². The zero-order valence-corrected chi connectivity index (χ0v) is 12.7. The highest BCUT2D eigenvalue weighted by Crippen LogP contribution is 2.13. The Balaban J connectivity index is 1.93. The predicted octanol–water partition coefficient (Wildman–Crippen LogP) is 3.24. The summed E-state index contributed by atoms with van der Waals surface area (Å²) in [5.74, 6) is -0.104. The van der Waals surface area contributed by atoms with Crippen LogP contribution < -0.4 is 10.6 Å². The Morgan fingerprint density at radius 1 is 1.05 bits per heavy atom. The zero-order valence-electron chi connectivity index (χ0n) is 12.7. The summed E-state index contributed by atoms with van der Waals surface area (Å²) in [6, 6.07) is 18.6. The topological polar surface area (TPSA) is 64.9 Å². The number of nitriles is 1. The van der Waals surface area contributed by atoms with Crippen LogP contribution in [-0.2, 0) is 4.79 Å². The molecule has 0 aromatic heterocycles. The van der Waals surface area contributed by atoms with Crippen LogP contribution in [0.1, 0.15) is 31.0 Å². The predicted molar refractivity (Wildman–Crippen MR) is 87.2 cm³/mol. The summed E-state index contributed by atoms with van der Waals surface area (Å²) < 4.78 is 0. The first-order chi connectivity index (χ1) is 10.6. The third-order valence-electron chi connectivity index (χ3n) is 3.47. The van der Waals surface area contributed by atoms with Crippen molar-refractivity contribution in [1.29, 1.82) is 5.26 Å². The first kappa shape index (κ1) is 15.7. The van der Waals surface area contributed by atoms with Gasteiger partial charge in [-0.3, -0.25) is 10.1 Å². The lowest BCUT2D eigenvalue weighted by atomic mass is 10.1. The molecule has 22 heavy (non-hydrogen) atoms. The monoisotopic (exact) mass is 293 g/mol. The van der Waals surface area contributed by atoms with Crippen LogP contribution >= 0.6 is 0 Å². The fraction of sp³-hybridized carbons (Fsp3) is 0.222. The van der Waals surface area contributed by atoms with Crippen LogP contribution in [0.4, 0.5) is 5.69 Å². The molecular weight excluding hydrogens is 274 g/mol. The Morgan fingerprint density at radius 3 is 2.27 bits per heavy atom. The molecule has 0 bridgehead atoms. The van der Waals surface area contributed by atoms with Crippen molar-refractivity contribution in [1.82, 2.24) is 5.32 Å². The van der Waals surface area contributed by atoms with Crippen LogP contribution in [-0.4, -0.2) is 11.9 Å². The molecule has 0 aliphatic rings. The average Bonchev–Trinajstić information content (AvgIpc) is 2.56. The molecule has 4 heteroatoms. The number of nitrogens with zero attached hydrogens (tertiary/aromatic N) is 1. The van der Waals surface area contributed by atoms with Gasteiger partial charge in [-0.05, 0) is 43.7 Å². The fourth-order valence-corrected chi connectivity index (χ4v) is 2.17. The molecular formula is C18H19N3O. The SMILES string of the molecule is C[C@H](N[C@H](C)C(=O)Nc1ccc(C#N)cc1)c1ccccc1. The van der Waals surface area contributed by atoms with Gasteiger partial charge in [-0.25, -0.2) is 0 Å². The highest BCUT2D eigenvalue weighted by atomic mass is 16.2. The molecule has 0 spiro atoms. The Labute approximate surface area is 130 Å². The highest BCUT2D eigenvalue weighted by Gasteiger charge is 2.16. The van der Waals surface area contributed by atoms with Gasteiger partial charge >= 0.3 is 0 Å². The summed E-state index contributed by atoms with van der Waals surface area (Å²) >= 11 is 0. The number of carbonyl (C=O) groups excluding carboxylic acids is 1. The highest BCUT2D eigenvalue weighted by molar-refractivity contribution is 5.94. The van der Waals surface area contributed by atoms with Crippen LogP contribution in [0.2, 0.25) is 0 Å². The third kappa shape index (κ3) is 4.18. The molecule has 0 radical (unpaired) electrons. The number of nitrogens with one attached hydrogen (secondary N) is 2. The average molecular weight is 293 g/mol. The van der Waals surface area contributed by atoms with Gasteiger partial charge in [-0.1, -0.05) is 30.3 Å². The molecule has 2 N–H and O–H groups in total. The lowest BCUT2D eigenvalue weighted by molar-refractivity contribution is -0.117. The molecule has 0 unspecified atom stereocenters. The second-order valence-corrected chi connectivity index (χ2v) is 5.20. The van der Waals surface area contributed by atoms with E-state index >= 15 is 0 Å². The van der Waals surface area contributed by atoms with Crippen LogP contribution in [0.15, 0.2) is 54.6 Å². The summed E-state index contributed by atoms with van der Waals surface area (Å²) in [5.41, 5.74) is 2.40. The number of hydrogen-bond acceptors (Lipinski definition) is 3. The van der Waals surface area contributed by atoms with Crippen molar-refractivity contribution in [2.45, 2.75) is 25.9 Å². The van der Waals surface area contributed by atoms with E-state index in [1.807, 2.05) is 50.2 Å². The van der Waals surface area contributed by atoms with Gasteiger partial charge in [0.1, 0.15) is 0 Å². The van der Waals surface area contributed by atoms with Gasteiger partial charge < -0.3 is 5.32 Å². The minimum atomic E-state index is -0.328. The van der Waals surface area contributed by atoms with Crippen LogP contribution in [0.5, 0.6) is 0 Å². The lowest BCUT2D eigenvalue weighted by Crippen LogP contribution is -2.39. The molecule has 2 atom stereocenters. The fourth-order valence-electron chi connectivity index (χ4n) is 2.17. The molecule has 0 heterocycles. The Morgan fingerprint density at radius 2 is 1.68 bits per heavy atom. The summed E-state index contributed by atoms with van der Waals surface area (Å²) in [7, 11) is 0. The number of amides is 1. The standard InChI is InChI=1S/C18H19N3O/c1-13(16-6-4-3-5-7-16)20-14(2)18(22)21-17-10-8-15(12-19)9-11-17/h3-11,13-14,20H,1-2H3,(H,21,22)/t13-,14+/m0/s1. The van der Waals surface area contributed by atoms with Gasteiger partial charge in [0.05, 0.1) is 17.7 Å². The van der Waals surface area contributed by atoms with Crippen molar-refractivity contribution < 1.29 is 4.79 Å². The summed E-state index contributed by atoms with van der Waals surface area (Å²) in [4.78, 5) is 12.2. The van der Waals surface area contributed by atoms with E-state index in [-0.39, 0.29) is 18.0 Å². The van der Waals surface area contributed by atoms with Crippen molar-refractivity contribution in [2.24, 2.45) is 0 Å². The quantitative estimate of drug-likeness (QED) is 0.889. The van der Waals surface area contributed by atoms with E-state index in [4.69, 9.17) is 5.26 Å². The van der Waals surface area contributed by atoms with E-state index in [0.717, 1.165) is 5.56 Å². The molecule has 0 saturated heterocycles. The summed E-state index contributed by atoms with van der Waals surface area (Å²) in [6.45, 7) is 3.86. The molecule has 0 aliphatic heterocycles. The molecule has 1 amide bonds. The molecule has 2 rings (SSSR count). The molecule has 0 fully saturated rings. The normalized spacial score (nSPS) is 13.0. The van der Waals surface area contributed by atoms with E-state index < -0.39 is 0 Å². The maximum atomic E-state index is 12.2. The Hall–Kier alpha value is -2.64. The van der Waals surface area contributed by atoms with E-state index in [0.29, 0.717) is 11.3 Å². The minimum Gasteiger partial charge on any atom is -0.325 e.